The van der Waals surface area contributed by atoms with Gasteiger partial charge in [-0.2, -0.15) is 13.2 Å². The highest BCUT2D eigenvalue weighted by Crippen LogP contribution is 2.13. The zero-order valence-corrected chi connectivity index (χ0v) is 10.6. The van der Waals surface area contributed by atoms with E-state index in [9.17, 15) is 26.4 Å². The van der Waals surface area contributed by atoms with E-state index in [1.165, 1.54) is 6.08 Å². The first-order valence-electron chi connectivity index (χ1n) is 4.53. The van der Waals surface area contributed by atoms with Crippen LogP contribution in [0.25, 0.3) is 0 Å². The third kappa shape index (κ3) is 16.4. The fourth-order valence-electron chi connectivity index (χ4n) is 0.468. The van der Waals surface area contributed by atoms with Crippen LogP contribution in [0.4, 0.5) is 13.2 Å². The molecule has 0 aromatic carbocycles. The van der Waals surface area contributed by atoms with Gasteiger partial charge in [0.15, 0.2) is 9.84 Å². The number of alkyl halides is 3. The lowest BCUT2D eigenvalue weighted by atomic mass is 10.5. The van der Waals surface area contributed by atoms with Crippen molar-refractivity contribution in [2.24, 2.45) is 5.73 Å². The van der Waals surface area contributed by atoms with E-state index in [-0.39, 0.29) is 19.0 Å². The molecule has 0 atom stereocenters. The molecule has 0 saturated heterocycles. The van der Waals surface area contributed by atoms with Crippen molar-refractivity contribution in [2.45, 2.75) is 6.18 Å². The molecule has 0 aliphatic rings. The second-order valence-electron chi connectivity index (χ2n) is 3.01. The van der Waals surface area contributed by atoms with Crippen LogP contribution in [0.2, 0.25) is 0 Å². The Labute approximate surface area is 107 Å². The van der Waals surface area contributed by atoms with Gasteiger partial charge in [0.1, 0.15) is 0 Å². The van der Waals surface area contributed by atoms with E-state index in [1.807, 2.05) is 0 Å². The maximum Gasteiger partial charge on any atom is 0.490 e. The number of aliphatic carboxylic acids is 1. The quantitative estimate of drug-likeness (QED) is 0.627. The van der Waals surface area contributed by atoms with Crippen molar-refractivity contribution in [3.8, 4) is 0 Å². The standard InChI is InChI=1S/C6H12N2O3S.C2HF3O2/c1-12(10,11)4-2-3-8-6(9)5-7;3-2(4,5)1(6)7/h2,4H,3,5,7H2,1H3,(H,8,9);(H,6,7)/b4-2+;. The molecule has 0 aliphatic carbocycles. The predicted molar refractivity (Wildman–Crippen MR) is 59.7 cm³/mol. The molecule has 11 heteroatoms. The van der Waals surface area contributed by atoms with Gasteiger partial charge in [-0.05, 0) is 0 Å². The number of nitrogens with one attached hydrogen (secondary N) is 1. The lowest BCUT2D eigenvalue weighted by Gasteiger charge is -1.96. The summed E-state index contributed by atoms with van der Waals surface area (Å²) < 4.78 is 52.8. The first-order valence-corrected chi connectivity index (χ1v) is 6.49. The summed E-state index contributed by atoms with van der Waals surface area (Å²) in [5, 5.41) is 10.5. The van der Waals surface area contributed by atoms with Crippen molar-refractivity contribution in [3.63, 3.8) is 0 Å². The largest absolute Gasteiger partial charge is 0.490 e. The molecule has 4 N–H and O–H groups in total. The molecule has 19 heavy (non-hydrogen) atoms. The molecule has 0 aromatic heterocycles. The van der Waals surface area contributed by atoms with Gasteiger partial charge in [-0.1, -0.05) is 6.08 Å². The van der Waals surface area contributed by atoms with Crippen LogP contribution in [0, 0.1) is 0 Å². The number of carboxylic acids is 1. The van der Waals surface area contributed by atoms with Crippen molar-refractivity contribution in [1.82, 2.24) is 5.32 Å². The number of rotatable bonds is 4. The van der Waals surface area contributed by atoms with Crippen molar-refractivity contribution in [3.05, 3.63) is 11.5 Å². The molecule has 0 unspecified atom stereocenters. The summed E-state index contributed by atoms with van der Waals surface area (Å²) in [4.78, 5) is 19.4. The fraction of sp³-hybridized carbons (Fsp3) is 0.500. The van der Waals surface area contributed by atoms with Crippen LogP contribution in [0.15, 0.2) is 11.5 Å². The van der Waals surface area contributed by atoms with Crippen molar-refractivity contribution < 1.29 is 36.3 Å². The minimum Gasteiger partial charge on any atom is -0.475 e. The molecule has 0 rings (SSSR count). The minimum absolute atomic E-state index is 0.0906. The molecule has 0 saturated carbocycles. The lowest BCUT2D eigenvalue weighted by molar-refractivity contribution is -0.192. The lowest BCUT2D eigenvalue weighted by Crippen LogP contribution is -2.30. The van der Waals surface area contributed by atoms with Crippen LogP contribution in [-0.2, 0) is 19.4 Å². The number of amides is 1. The number of sulfone groups is 1. The first-order chi connectivity index (χ1) is 8.40. The highest BCUT2D eigenvalue weighted by atomic mass is 32.2. The fourth-order valence-corrected chi connectivity index (χ4v) is 0.914. The molecule has 0 heterocycles. The average molecular weight is 306 g/mol. The molecule has 0 fully saturated rings. The van der Waals surface area contributed by atoms with E-state index in [1.54, 1.807) is 0 Å². The van der Waals surface area contributed by atoms with E-state index in [0.717, 1.165) is 11.7 Å². The average Bonchev–Trinajstić information content (AvgIpc) is 2.22. The molecule has 1 amide bonds. The third-order valence-corrected chi connectivity index (χ3v) is 1.88. The topological polar surface area (TPSA) is 127 Å². The Hall–Kier alpha value is -1.62. The molecule has 0 aliphatic heterocycles. The molecule has 0 aromatic rings. The van der Waals surface area contributed by atoms with Gasteiger partial charge in [0.05, 0.1) is 6.54 Å². The van der Waals surface area contributed by atoms with E-state index in [4.69, 9.17) is 15.6 Å². The normalized spacial score (nSPS) is 11.6. The summed E-state index contributed by atoms with van der Waals surface area (Å²) >= 11 is 0. The van der Waals surface area contributed by atoms with Gasteiger partial charge >= 0.3 is 12.1 Å². The summed E-state index contributed by atoms with van der Waals surface area (Å²) in [5.74, 6) is -3.07. The molecule has 0 bridgehead atoms. The zero-order valence-electron chi connectivity index (χ0n) is 9.77. The van der Waals surface area contributed by atoms with Gasteiger partial charge in [0, 0.05) is 18.2 Å². The van der Waals surface area contributed by atoms with Gasteiger partial charge in [-0.3, -0.25) is 4.79 Å². The Balaban J connectivity index is 0. The van der Waals surface area contributed by atoms with Crippen molar-refractivity contribution >= 4 is 21.7 Å². The molecule has 7 nitrogen and oxygen atoms in total. The second kappa shape index (κ2) is 8.48. The maximum absolute atomic E-state index is 10.6. The van der Waals surface area contributed by atoms with E-state index in [2.05, 4.69) is 5.32 Å². The van der Waals surface area contributed by atoms with Crippen LogP contribution >= 0.6 is 0 Å². The summed E-state index contributed by atoms with van der Waals surface area (Å²) in [6.07, 6.45) is -2.66. The third-order valence-electron chi connectivity index (χ3n) is 1.19. The number of carbonyl (C=O) groups is 2. The maximum atomic E-state index is 10.6. The van der Waals surface area contributed by atoms with E-state index >= 15 is 0 Å². The van der Waals surface area contributed by atoms with E-state index in [0.29, 0.717) is 0 Å². The van der Waals surface area contributed by atoms with Crippen LogP contribution in [0.1, 0.15) is 0 Å². The SMILES string of the molecule is CS(=O)(=O)/C=C/CNC(=O)CN.O=C(O)C(F)(F)F. The Morgan fingerprint density at radius 1 is 1.37 bits per heavy atom. The zero-order chi connectivity index (χ0) is 15.7. The second-order valence-corrected chi connectivity index (χ2v) is 4.94. The van der Waals surface area contributed by atoms with Crippen LogP contribution < -0.4 is 11.1 Å². The van der Waals surface area contributed by atoms with Gasteiger partial charge in [-0.25, -0.2) is 13.2 Å². The Kier molecular flexibility index (Phi) is 8.79. The van der Waals surface area contributed by atoms with Gasteiger partial charge in [-0.15, -0.1) is 0 Å². The number of halogens is 3. The monoisotopic (exact) mass is 306 g/mol. The number of hydrogen-bond acceptors (Lipinski definition) is 5. The highest BCUT2D eigenvalue weighted by molar-refractivity contribution is 7.93. The number of carbonyl (C=O) groups excluding carboxylic acids is 1. The molecular formula is C8H13F3N2O5S. The first kappa shape index (κ1) is 19.7. The summed E-state index contributed by atoms with van der Waals surface area (Å²) in [7, 11) is -3.09. The minimum atomic E-state index is -5.08. The Bertz CT molecular complexity index is 430. The number of carboxylic acid groups (broad SMARTS) is 1. The molecule has 112 valence electrons. The number of hydrogen-bond donors (Lipinski definition) is 3. The van der Waals surface area contributed by atoms with Crippen LogP contribution in [-0.4, -0.2) is 50.9 Å². The molecule has 0 radical (unpaired) electrons. The summed E-state index contributed by atoms with van der Waals surface area (Å²) in [6, 6.07) is 0. The molecule has 0 spiro atoms. The van der Waals surface area contributed by atoms with Crippen molar-refractivity contribution in [1.29, 1.82) is 0 Å². The summed E-state index contributed by atoms with van der Waals surface area (Å²) in [5.41, 5.74) is 4.99. The Morgan fingerprint density at radius 2 is 1.79 bits per heavy atom. The molecular weight excluding hydrogens is 293 g/mol. The van der Waals surface area contributed by atoms with E-state index < -0.39 is 22.0 Å². The predicted octanol–water partition coefficient (Wildman–Crippen LogP) is -0.747. The highest BCUT2D eigenvalue weighted by Gasteiger charge is 2.38. The Morgan fingerprint density at radius 3 is 2.05 bits per heavy atom. The van der Waals surface area contributed by atoms with Gasteiger partial charge < -0.3 is 16.2 Å². The summed E-state index contributed by atoms with van der Waals surface area (Å²) in [6.45, 7) is 0.0931. The van der Waals surface area contributed by atoms with Crippen LogP contribution in [0.3, 0.4) is 0 Å². The van der Waals surface area contributed by atoms with Gasteiger partial charge in [0.2, 0.25) is 5.91 Å². The van der Waals surface area contributed by atoms with Crippen molar-refractivity contribution in [2.75, 3.05) is 19.3 Å². The number of nitrogens with two attached hydrogens (primary N) is 1. The smallest absolute Gasteiger partial charge is 0.475 e. The van der Waals surface area contributed by atoms with Gasteiger partial charge in [0.25, 0.3) is 0 Å². The van der Waals surface area contributed by atoms with Crippen LogP contribution in [0.5, 0.6) is 0 Å².